The van der Waals surface area contributed by atoms with Gasteiger partial charge in [0.05, 0.1) is 28.0 Å². The fourth-order valence-electron chi connectivity index (χ4n) is 4.04. The van der Waals surface area contributed by atoms with Crippen LogP contribution in [-0.2, 0) is 11.3 Å². The van der Waals surface area contributed by atoms with E-state index in [0.29, 0.717) is 39.2 Å². The summed E-state index contributed by atoms with van der Waals surface area (Å²) in [4.78, 5) is 32.6. The summed E-state index contributed by atoms with van der Waals surface area (Å²) in [5, 5.41) is 12.5. The Bertz CT molecular complexity index is 1320. The zero-order valence-corrected chi connectivity index (χ0v) is 20.9. The molecule has 1 atom stereocenters. The first-order chi connectivity index (χ1) is 16.1. The molecule has 1 aromatic carbocycles. The highest BCUT2D eigenvalue weighted by atomic mass is 35.5. The number of fused-ring (bicyclic) bond motifs is 1. The molecule has 0 radical (unpaired) electrons. The van der Waals surface area contributed by atoms with Crippen molar-refractivity contribution in [2.75, 3.05) is 18.0 Å². The molecule has 4 rings (SSSR count). The molecule has 0 saturated carbocycles. The van der Waals surface area contributed by atoms with Crippen LogP contribution in [0.3, 0.4) is 0 Å². The monoisotopic (exact) mass is 499 g/mol. The van der Waals surface area contributed by atoms with Gasteiger partial charge in [0, 0.05) is 19.1 Å². The van der Waals surface area contributed by atoms with Crippen molar-refractivity contribution in [2.45, 2.75) is 51.8 Å². The van der Waals surface area contributed by atoms with Gasteiger partial charge in [0.1, 0.15) is 10.3 Å². The molecule has 1 fully saturated rings. The number of amides is 1. The van der Waals surface area contributed by atoms with Crippen LogP contribution in [0.5, 0.6) is 0 Å². The van der Waals surface area contributed by atoms with Crippen LogP contribution >= 0.6 is 22.9 Å². The third-order valence-corrected chi connectivity index (χ3v) is 6.72. The minimum absolute atomic E-state index is 0.151. The second-order valence-corrected chi connectivity index (χ2v) is 11.0. The predicted octanol–water partition coefficient (Wildman–Crippen LogP) is 4.52. The molecule has 1 N–H and O–H groups in total. The van der Waals surface area contributed by atoms with E-state index >= 15 is 0 Å². The molecule has 178 valence electrons. The molecule has 8 nitrogen and oxygen atoms in total. The second-order valence-electron chi connectivity index (χ2n) is 9.27. The first-order valence-electron chi connectivity index (χ1n) is 11.1. The zero-order valence-electron chi connectivity index (χ0n) is 19.3. The summed E-state index contributed by atoms with van der Waals surface area (Å²) in [6, 6.07) is 10.9. The van der Waals surface area contributed by atoms with Crippen LogP contribution in [0, 0.1) is 11.3 Å². The third-order valence-electron chi connectivity index (χ3n) is 5.48. The van der Waals surface area contributed by atoms with Crippen LogP contribution in [0.2, 0.25) is 4.34 Å². The van der Waals surface area contributed by atoms with Gasteiger partial charge in [0.15, 0.2) is 0 Å². The molecule has 3 heterocycles. The summed E-state index contributed by atoms with van der Waals surface area (Å²) in [6.45, 7) is 6.84. The average Bonchev–Trinajstić information content (AvgIpc) is 3.15. The van der Waals surface area contributed by atoms with Gasteiger partial charge in [0.25, 0.3) is 5.56 Å². The van der Waals surface area contributed by atoms with Crippen molar-refractivity contribution in [3.05, 3.63) is 56.1 Å². The molecule has 0 bridgehead atoms. The topological polar surface area (TPSA) is 100 Å². The number of aromatic nitrogens is 2. The average molecular weight is 500 g/mol. The Morgan fingerprint density at radius 3 is 2.88 bits per heavy atom. The summed E-state index contributed by atoms with van der Waals surface area (Å²) in [5.74, 6) is 0.496. The van der Waals surface area contributed by atoms with Crippen LogP contribution < -0.4 is 15.8 Å². The number of benzene rings is 1. The smallest absolute Gasteiger partial charge is 0.407 e. The van der Waals surface area contributed by atoms with Gasteiger partial charge in [-0.05, 0) is 51.3 Å². The lowest BCUT2D eigenvalue weighted by molar-refractivity contribution is 0.0499. The van der Waals surface area contributed by atoms with E-state index < -0.39 is 11.7 Å². The molecule has 1 saturated heterocycles. The molecular weight excluding hydrogens is 474 g/mol. The van der Waals surface area contributed by atoms with E-state index in [9.17, 15) is 14.9 Å². The normalized spacial score (nSPS) is 16.3. The van der Waals surface area contributed by atoms with Gasteiger partial charge < -0.3 is 15.0 Å². The highest BCUT2D eigenvalue weighted by molar-refractivity contribution is 7.22. The van der Waals surface area contributed by atoms with Crippen LogP contribution in [0.4, 0.5) is 10.7 Å². The number of anilines is 1. The van der Waals surface area contributed by atoms with E-state index in [1.165, 1.54) is 11.3 Å². The second kappa shape index (κ2) is 9.65. The van der Waals surface area contributed by atoms with Crippen LogP contribution in [-0.4, -0.2) is 40.4 Å². The lowest BCUT2D eigenvalue weighted by Crippen LogP contribution is -2.50. The minimum Gasteiger partial charge on any atom is -0.444 e. The van der Waals surface area contributed by atoms with Gasteiger partial charge in [-0.3, -0.25) is 9.36 Å². The maximum atomic E-state index is 13.5. The Morgan fingerprint density at radius 2 is 2.15 bits per heavy atom. The van der Waals surface area contributed by atoms with Gasteiger partial charge >= 0.3 is 6.09 Å². The van der Waals surface area contributed by atoms with E-state index in [4.69, 9.17) is 21.3 Å². The first-order valence-corrected chi connectivity index (χ1v) is 12.3. The SMILES string of the molecule is CC(C)(C)OC(=O)NC1CCCN(c2nc3cc(Cl)sc3c(=O)n2Cc2ccccc2C#N)C1. The molecule has 34 heavy (non-hydrogen) atoms. The number of carbonyl (C=O) groups is 1. The number of carbonyl (C=O) groups excluding carboxylic acids is 1. The van der Waals surface area contributed by atoms with Crippen LogP contribution in [0.25, 0.3) is 10.2 Å². The standard InChI is InChI=1S/C24H26ClN5O3S/c1-24(2,3)33-23(32)27-17-9-6-10-29(14-17)22-28-18-11-19(25)34-20(18)21(31)30(22)13-16-8-5-4-7-15(16)12-26/h4-5,7-8,11,17H,6,9-10,13-14H2,1-3H3,(H,27,32). The molecule has 1 unspecified atom stereocenters. The number of piperidine rings is 1. The predicted molar refractivity (Wildman–Crippen MR) is 134 cm³/mol. The highest BCUT2D eigenvalue weighted by Crippen LogP contribution is 2.29. The lowest BCUT2D eigenvalue weighted by atomic mass is 10.1. The molecule has 0 aliphatic carbocycles. The first kappa shape index (κ1) is 24.0. The molecule has 10 heteroatoms. The maximum absolute atomic E-state index is 13.5. The van der Waals surface area contributed by atoms with Crippen molar-refractivity contribution >= 4 is 45.2 Å². The Hall–Kier alpha value is -3.09. The van der Waals surface area contributed by atoms with Crippen molar-refractivity contribution in [1.29, 1.82) is 5.26 Å². The number of nitrogens with one attached hydrogen (secondary N) is 1. The largest absolute Gasteiger partial charge is 0.444 e. The summed E-state index contributed by atoms with van der Waals surface area (Å²) in [6.07, 6.45) is 1.14. The molecular formula is C24H26ClN5O3S. The highest BCUT2D eigenvalue weighted by Gasteiger charge is 2.27. The fourth-order valence-corrected chi connectivity index (χ4v) is 5.15. The van der Waals surface area contributed by atoms with Crippen molar-refractivity contribution < 1.29 is 9.53 Å². The van der Waals surface area contributed by atoms with Crippen molar-refractivity contribution in [2.24, 2.45) is 0 Å². The fraction of sp³-hybridized carbons (Fsp3) is 0.417. The van der Waals surface area contributed by atoms with E-state index in [1.54, 1.807) is 22.8 Å². The number of thiophene rings is 1. The van der Waals surface area contributed by atoms with Crippen LogP contribution in [0.1, 0.15) is 44.7 Å². The summed E-state index contributed by atoms with van der Waals surface area (Å²) in [5.41, 5.74) is 0.997. The Balaban J connectivity index is 1.69. The van der Waals surface area contributed by atoms with Crippen molar-refractivity contribution in [3.63, 3.8) is 0 Å². The van der Waals surface area contributed by atoms with Gasteiger partial charge in [-0.25, -0.2) is 9.78 Å². The van der Waals surface area contributed by atoms with Crippen LogP contribution in [0.15, 0.2) is 35.1 Å². The zero-order chi connectivity index (χ0) is 24.5. The Kier molecular flexibility index (Phi) is 6.82. The maximum Gasteiger partial charge on any atom is 0.407 e. The number of nitrogens with zero attached hydrogens (tertiary/aromatic N) is 4. The molecule has 1 aliphatic rings. The number of halogens is 1. The number of alkyl carbamates (subject to hydrolysis) is 1. The molecule has 2 aromatic heterocycles. The summed E-state index contributed by atoms with van der Waals surface area (Å²) < 4.78 is 7.97. The van der Waals surface area contributed by atoms with Gasteiger partial charge in [-0.15, -0.1) is 11.3 Å². The number of rotatable bonds is 4. The Morgan fingerprint density at radius 1 is 1.38 bits per heavy atom. The van der Waals surface area contributed by atoms with E-state index in [0.717, 1.165) is 18.4 Å². The molecule has 3 aromatic rings. The van der Waals surface area contributed by atoms with E-state index in [1.807, 2.05) is 37.8 Å². The van der Waals surface area contributed by atoms with E-state index in [-0.39, 0.29) is 18.1 Å². The van der Waals surface area contributed by atoms with Crippen molar-refractivity contribution in [1.82, 2.24) is 14.9 Å². The van der Waals surface area contributed by atoms with Gasteiger partial charge in [0.2, 0.25) is 5.95 Å². The molecule has 1 amide bonds. The van der Waals surface area contributed by atoms with E-state index in [2.05, 4.69) is 11.4 Å². The molecule has 1 aliphatic heterocycles. The number of nitriles is 1. The summed E-state index contributed by atoms with van der Waals surface area (Å²) in [7, 11) is 0. The molecule has 0 spiro atoms. The lowest BCUT2D eigenvalue weighted by Gasteiger charge is -2.35. The number of hydrogen-bond donors (Lipinski definition) is 1. The minimum atomic E-state index is -0.585. The number of hydrogen-bond acceptors (Lipinski definition) is 7. The third kappa shape index (κ3) is 5.34. The number of ether oxygens (including phenoxy) is 1. The van der Waals surface area contributed by atoms with Gasteiger partial charge in [-0.2, -0.15) is 5.26 Å². The quantitative estimate of drug-likeness (QED) is 0.566. The van der Waals surface area contributed by atoms with Crippen molar-refractivity contribution in [3.8, 4) is 6.07 Å². The Labute approximate surface area is 206 Å². The summed E-state index contributed by atoms with van der Waals surface area (Å²) >= 11 is 7.39. The van der Waals surface area contributed by atoms with Gasteiger partial charge in [-0.1, -0.05) is 29.8 Å².